The first-order valence-corrected chi connectivity index (χ1v) is 12.0. The maximum atomic E-state index is 12.6. The molecule has 0 bridgehead atoms. The zero-order valence-electron chi connectivity index (χ0n) is 19.2. The number of sulfonamides is 1. The molecule has 0 saturated heterocycles. The Labute approximate surface area is 197 Å². The predicted molar refractivity (Wildman–Crippen MR) is 124 cm³/mol. The van der Waals surface area contributed by atoms with Crippen molar-refractivity contribution in [2.45, 2.75) is 12.8 Å². The van der Waals surface area contributed by atoms with Crippen molar-refractivity contribution in [1.29, 1.82) is 0 Å². The van der Waals surface area contributed by atoms with Crippen LogP contribution in [0.25, 0.3) is 0 Å². The normalized spacial score (nSPS) is 12.1. The molecule has 1 aliphatic rings. The van der Waals surface area contributed by atoms with E-state index in [1.165, 1.54) is 37.8 Å². The Balaban J connectivity index is 1.71. The van der Waals surface area contributed by atoms with Gasteiger partial charge in [0.15, 0.2) is 23.0 Å². The lowest BCUT2D eigenvalue weighted by Gasteiger charge is -2.22. The lowest BCUT2D eigenvalue weighted by Crippen LogP contribution is -2.31. The molecule has 2 aromatic carbocycles. The van der Waals surface area contributed by atoms with Gasteiger partial charge in [-0.3, -0.25) is 9.10 Å². The molecular weight excluding hydrogens is 468 g/mol. The number of nitrogens with zero attached hydrogens (tertiary/aromatic N) is 1. The van der Waals surface area contributed by atoms with Crippen molar-refractivity contribution in [3.8, 4) is 23.0 Å². The van der Waals surface area contributed by atoms with Crippen molar-refractivity contribution >= 4 is 33.3 Å². The Morgan fingerprint density at radius 2 is 1.71 bits per heavy atom. The number of fused-ring (bicyclic) bond motifs is 1. The van der Waals surface area contributed by atoms with Gasteiger partial charge in [-0.1, -0.05) is 0 Å². The molecule has 0 unspecified atom stereocenters. The monoisotopic (exact) mass is 494 g/mol. The molecule has 0 atom stereocenters. The molecule has 0 fully saturated rings. The van der Waals surface area contributed by atoms with Gasteiger partial charge in [-0.25, -0.2) is 13.2 Å². The number of esters is 1. The molecule has 3 rings (SSSR count). The quantitative estimate of drug-likeness (QED) is 0.495. The first kappa shape index (κ1) is 25.0. The van der Waals surface area contributed by atoms with Gasteiger partial charge in [0.2, 0.25) is 22.7 Å². The number of hydrogen-bond acceptors (Lipinski definition) is 9. The Kier molecular flexibility index (Phi) is 7.72. The summed E-state index contributed by atoms with van der Waals surface area (Å²) < 4.78 is 51.7. The van der Waals surface area contributed by atoms with E-state index in [1.54, 1.807) is 18.2 Å². The van der Waals surface area contributed by atoms with Crippen molar-refractivity contribution < 1.29 is 41.7 Å². The topological polar surface area (TPSA) is 130 Å². The average molecular weight is 495 g/mol. The minimum atomic E-state index is -3.62. The molecular formula is C22H26N2O9S. The second kappa shape index (κ2) is 10.5. The van der Waals surface area contributed by atoms with Crippen LogP contribution < -0.4 is 28.6 Å². The molecule has 184 valence electrons. The molecule has 1 N–H and O–H groups in total. The van der Waals surface area contributed by atoms with Crippen LogP contribution in [-0.2, 0) is 19.6 Å². The van der Waals surface area contributed by atoms with Gasteiger partial charge < -0.3 is 29.0 Å². The van der Waals surface area contributed by atoms with Crippen LogP contribution in [0.2, 0.25) is 0 Å². The van der Waals surface area contributed by atoms with Crippen molar-refractivity contribution in [3.63, 3.8) is 0 Å². The molecule has 34 heavy (non-hydrogen) atoms. The van der Waals surface area contributed by atoms with E-state index < -0.39 is 21.9 Å². The first-order valence-electron chi connectivity index (χ1n) is 10.2. The van der Waals surface area contributed by atoms with Gasteiger partial charge >= 0.3 is 5.97 Å². The van der Waals surface area contributed by atoms with Gasteiger partial charge in [-0.15, -0.1) is 0 Å². The summed E-state index contributed by atoms with van der Waals surface area (Å²) >= 11 is 0. The SMILES string of the molecule is COC(=O)c1cc(OC)c(OC)cc1NC(=O)CCCN(c1ccc2c(c1)OCO2)S(C)(=O)=O. The summed E-state index contributed by atoms with van der Waals surface area (Å²) in [5.41, 5.74) is 0.678. The van der Waals surface area contributed by atoms with E-state index in [1.807, 2.05) is 0 Å². The molecule has 0 aromatic heterocycles. The molecule has 0 aliphatic carbocycles. The Bertz CT molecular complexity index is 1180. The maximum Gasteiger partial charge on any atom is 0.340 e. The average Bonchev–Trinajstić information content (AvgIpc) is 3.28. The van der Waals surface area contributed by atoms with Crippen LogP contribution >= 0.6 is 0 Å². The highest BCUT2D eigenvalue weighted by molar-refractivity contribution is 7.92. The molecule has 0 radical (unpaired) electrons. The fraction of sp³-hybridized carbons (Fsp3) is 0.364. The summed E-state index contributed by atoms with van der Waals surface area (Å²) in [7, 11) is 0.455. The van der Waals surface area contributed by atoms with Gasteiger partial charge in [0.25, 0.3) is 0 Å². The van der Waals surface area contributed by atoms with Gasteiger partial charge in [0.05, 0.1) is 44.5 Å². The summed E-state index contributed by atoms with van der Waals surface area (Å²) in [5.74, 6) is 0.518. The zero-order chi connectivity index (χ0) is 24.9. The van der Waals surface area contributed by atoms with E-state index in [2.05, 4.69) is 5.32 Å². The van der Waals surface area contributed by atoms with Crippen LogP contribution in [0.1, 0.15) is 23.2 Å². The van der Waals surface area contributed by atoms with Crippen LogP contribution in [-0.4, -0.2) is 61.2 Å². The van der Waals surface area contributed by atoms with Gasteiger partial charge in [0.1, 0.15) is 0 Å². The van der Waals surface area contributed by atoms with E-state index in [9.17, 15) is 18.0 Å². The number of amides is 1. The van der Waals surface area contributed by atoms with Gasteiger partial charge in [-0.2, -0.15) is 0 Å². The van der Waals surface area contributed by atoms with Crippen molar-refractivity contribution in [3.05, 3.63) is 35.9 Å². The molecule has 1 amide bonds. The molecule has 11 nitrogen and oxygen atoms in total. The largest absolute Gasteiger partial charge is 0.493 e. The summed E-state index contributed by atoms with van der Waals surface area (Å²) in [5, 5.41) is 2.66. The highest BCUT2D eigenvalue weighted by Crippen LogP contribution is 2.36. The Morgan fingerprint density at radius 3 is 2.35 bits per heavy atom. The standard InChI is InChI=1S/C22H26N2O9S/c1-29-18-11-15(22(26)31-3)16(12-19(18)30-2)23-21(25)6-5-9-24(34(4,27)28)14-7-8-17-20(10-14)33-13-32-17/h7-8,10-12H,5-6,9,13H2,1-4H3,(H,23,25). The fourth-order valence-corrected chi connectivity index (χ4v) is 4.34. The molecule has 1 heterocycles. The van der Waals surface area contributed by atoms with Crippen molar-refractivity contribution in [2.75, 3.05) is 50.5 Å². The number of ether oxygens (including phenoxy) is 5. The highest BCUT2D eigenvalue weighted by Gasteiger charge is 2.23. The fourth-order valence-electron chi connectivity index (χ4n) is 3.38. The summed E-state index contributed by atoms with van der Waals surface area (Å²) in [6, 6.07) is 7.69. The van der Waals surface area contributed by atoms with Crippen LogP contribution in [0.3, 0.4) is 0 Å². The van der Waals surface area contributed by atoms with E-state index in [-0.39, 0.29) is 37.4 Å². The summed E-state index contributed by atoms with van der Waals surface area (Å²) in [6.45, 7) is 0.128. The summed E-state index contributed by atoms with van der Waals surface area (Å²) in [4.78, 5) is 24.8. The highest BCUT2D eigenvalue weighted by atomic mass is 32.2. The molecule has 0 saturated carbocycles. The smallest absolute Gasteiger partial charge is 0.340 e. The molecule has 12 heteroatoms. The number of rotatable bonds is 10. The van der Waals surface area contributed by atoms with E-state index in [0.717, 1.165) is 6.26 Å². The molecule has 1 aliphatic heterocycles. The van der Waals surface area contributed by atoms with Crippen molar-refractivity contribution in [2.24, 2.45) is 0 Å². The van der Waals surface area contributed by atoms with Gasteiger partial charge in [0, 0.05) is 31.2 Å². The number of nitrogens with one attached hydrogen (secondary N) is 1. The first-order chi connectivity index (χ1) is 16.2. The second-order valence-electron chi connectivity index (χ2n) is 7.27. The zero-order valence-corrected chi connectivity index (χ0v) is 20.1. The van der Waals surface area contributed by atoms with E-state index >= 15 is 0 Å². The number of anilines is 2. The van der Waals surface area contributed by atoms with Crippen LogP contribution in [0.15, 0.2) is 30.3 Å². The molecule has 0 spiro atoms. The lowest BCUT2D eigenvalue weighted by atomic mass is 10.1. The van der Waals surface area contributed by atoms with Crippen LogP contribution in [0, 0.1) is 0 Å². The Hall–Kier alpha value is -3.67. The third-order valence-corrected chi connectivity index (χ3v) is 6.21. The predicted octanol–water partition coefficient (Wildman–Crippen LogP) is 2.40. The van der Waals surface area contributed by atoms with E-state index in [4.69, 9.17) is 23.7 Å². The number of benzene rings is 2. The number of methoxy groups -OCH3 is 3. The van der Waals surface area contributed by atoms with Crippen molar-refractivity contribution in [1.82, 2.24) is 0 Å². The minimum absolute atomic E-state index is 0.00840. The minimum Gasteiger partial charge on any atom is -0.493 e. The third kappa shape index (κ3) is 5.63. The molecule has 2 aromatic rings. The third-order valence-electron chi connectivity index (χ3n) is 5.01. The van der Waals surface area contributed by atoms with E-state index in [0.29, 0.717) is 28.7 Å². The maximum absolute atomic E-state index is 12.6. The van der Waals surface area contributed by atoms with Crippen LogP contribution in [0.4, 0.5) is 11.4 Å². The number of carbonyl (C=O) groups is 2. The number of carbonyl (C=O) groups excluding carboxylic acids is 2. The second-order valence-corrected chi connectivity index (χ2v) is 9.18. The summed E-state index contributed by atoms with van der Waals surface area (Å²) in [6.07, 6.45) is 1.30. The number of hydrogen-bond donors (Lipinski definition) is 1. The van der Waals surface area contributed by atoms with Gasteiger partial charge in [-0.05, 0) is 18.6 Å². The lowest BCUT2D eigenvalue weighted by molar-refractivity contribution is -0.116. The van der Waals surface area contributed by atoms with Crippen LogP contribution in [0.5, 0.6) is 23.0 Å². The Morgan fingerprint density at radius 1 is 1.03 bits per heavy atom.